The van der Waals surface area contributed by atoms with Crippen molar-refractivity contribution < 1.29 is 29.1 Å². The molecule has 0 radical (unpaired) electrons. The molecule has 4 amide bonds. The zero-order valence-corrected chi connectivity index (χ0v) is 20.8. The number of carboxylic acids is 1. The van der Waals surface area contributed by atoms with Crippen molar-refractivity contribution in [1.29, 1.82) is 0 Å². The lowest BCUT2D eigenvalue weighted by Gasteiger charge is -2.25. The SMILES string of the molecule is NC(=O)CCC(NC(=O)C1CCCN1)C(=O)NC(Cc1ccccc1)C(=O)NC(Cc1cnc[nH]1)C(=O)O. The Hall–Kier alpha value is -4.26. The first-order valence-electron chi connectivity index (χ1n) is 12.4. The molecular weight excluding hydrogens is 494 g/mol. The van der Waals surface area contributed by atoms with Crippen molar-refractivity contribution in [2.45, 2.75) is 62.7 Å². The number of aliphatic carboxylic acids is 1. The minimum Gasteiger partial charge on any atom is -0.480 e. The number of nitrogens with one attached hydrogen (secondary N) is 5. The van der Waals surface area contributed by atoms with Gasteiger partial charge in [-0.3, -0.25) is 19.2 Å². The number of amides is 4. The van der Waals surface area contributed by atoms with E-state index in [1.165, 1.54) is 12.5 Å². The summed E-state index contributed by atoms with van der Waals surface area (Å²) >= 11 is 0. The van der Waals surface area contributed by atoms with Gasteiger partial charge in [0.1, 0.15) is 18.1 Å². The van der Waals surface area contributed by atoms with Crippen molar-refractivity contribution >= 4 is 29.6 Å². The maximum Gasteiger partial charge on any atom is 0.326 e. The monoisotopic (exact) mass is 527 g/mol. The fourth-order valence-corrected chi connectivity index (χ4v) is 4.16. The Kier molecular flexibility index (Phi) is 10.3. The number of aromatic nitrogens is 2. The standard InChI is InChI=1S/C25H33N7O6/c26-21(33)9-8-18(30-22(34)17-7-4-10-28-17)23(35)31-19(11-15-5-2-1-3-6-15)24(36)32-20(25(37)38)12-16-13-27-14-29-16/h1-3,5-6,13-14,17-20,28H,4,7-12H2,(H2,26,33)(H,27,29)(H,30,34)(H,31,35)(H,32,36)(H,37,38). The first kappa shape index (κ1) is 28.3. The molecule has 13 nitrogen and oxygen atoms in total. The van der Waals surface area contributed by atoms with Crippen LogP contribution in [0.1, 0.15) is 36.9 Å². The quantitative estimate of drug-likeness (QED) is 0.157. The Balaban J connectivity index is 1.76. The van der Waals surface area contributed by atoms with Gasteiger partial charge in [0.05, 0.1) is 12.4 Å². The number of carbonyl (C=O) groups is 5. The van der Waals surface area contributed by atoms with Crippen LogP contribution in [0.25, 0.3) is 0 Å². The van der Waals surface area contributed by atoms with Crippen LogP contribution in [0, 0.1) is 0 Å². The number of hydrogen-bond acceptors (Lipinski definition) is 7. The maximum atomic E-state index is 13.3. The molecule has 1 saturated heterocycles. The molecule has 0 saturated carbocycles. The molecule has 204 valence electrons. The summed E-state index contributed by atoms with van der Waals surface area (Å²) < 4.78 is 0. The molecule has 4 atom stereocenters. The van der Waals surface area contributed by atoms with Crippen LogP contribution in [0.3, 0.4) is 0 Å². The Bertz CT molecular complexity index is 1100. The lowest BCUT2D eigenvalue weighted by Crippen LogP contribution is -2.57. The number of carbonyl (C=O) groups excluding carboxylic acids is 4. The third-order valence-corrected chi connectivity index (χ3v) is 6.20. The summed E-state index contributed by atoms with van der Waals surface area (Å²) in [4.78, 5) is 69.1. The van der Waals surface area contributed by atoms with E-state index in [1.807, 2.05) is 0 Å². The number of rotatable bonds is 14. The first-order chi connectivity index (χ1) is 18.2. The number of benzene rings is 1. The molecule has 0 bridgehead atoms. The highest BCUT2D eigenvalue weighted by Crippen LogP contribution is 2.09. The number of carboxylic acid groups (broad SMARTS) is 1. The molecular formula is C25H33N7O6. The van der Waals surface area contributed by atoms with Gasteiger partial charge >= 0.3 is 5.97 Å². The molecule has 8 N–H and O–H groups in total. The molecule has 1 aliphatic heterocycles. The number of nitrogens with zero attached hydrogens (tertiary/aromatic N) is 1. The molecule has 1 aliphatic rings. The largest absolute Gasteiger partial charge is 0.480 e. The highest BCUT2D eigenvalue weighted by molar-refractivity contribution is 5.94. The van der Waals surface area contributed by atoms with Gasteiger partial charge in [-0.2, -0.15) is 0 Å². The second-order valence-corrected chi connectivity index (χ2v) is 9.15. The highest BCUT2D eigenvalue weighted by Gasteiger charge is 2.32. The molecule has 4 unspecified atom stereocenters. The van der Waals surface area contributed by atoms with Crippen LogP contribution >= 0.6 is 0 Å². The van der Waals surface area contributed by atoms with E-state index in [-0.39, 0.29) is 31.6 Å². The maximum absolute atomic E-state index is 13.3. The van der Waals surface area contributed by atoms with Gasteiger partial charge in [0, 0.05) is 31.2 Å². The van der Waals surface area contributed by atoms with Crippen LogP contribution in [0.4, 0.5) is 0 Å². The van der Waals surface area contributed by atoms with Gasteiger partial charge in [-0.25, -0.2) is 9.78 Å². The summed E-state index contributed by atoms with van der Waals surface area (Å²) in [6.45, 7) is 0.679. The fraction of sp³-hybridized carbons (Fsp3) is 0.440. The van der Waals surface area contributed by atoms with E-state index < -0.39 is 47.9 Å². The van der Waals surface area contributed by atoms with Gasteiger partial charge in [-0.15, -0.1) is 0 Å². The molecule has 3 rings (SSSR count). The molecule has 0 spiro atoms. The molecule has 2 aromatic rings. The number of hydrogen-bond donors (Lipinski definition) is 7. The Labute approximate surface area is 219 Å². The molecule has 1 fully saturated rings. The summed E-state index contributed by atoms with van der Waals surface area (Å²) in [5, 5.41) is 20.5. The molecule has 38 heavy (non-hydrogen) atoms. The van der Waals surface area contributed by atoms with Gasteiger partial charge in [-0.05, 0) is 31.4 Å². The smallest absolute Gasteiger partial charge is 0.326 e. The number of aromatic amines is 1. The zero-order valence-electron chi connectivity index (χ0n) is 20.8. The molecule has 1 aromatic heterocycles. The Morgan fingerprint density at radius 3 is 2.32 bits per heavy atom. The highest BCUT2D eigenvalue weighted by atomic mass is 16.4. The van der Waals surface area contributed by atoms with Crippen LogP contribution in [-0.4, -0.2) is 75.4 Å². The van der Waals surface area contributed by atoms with Crippen molar-refractivity contribution in [1.82, 2.24) is 31.2 Å². The average Bonchev–Trinajstić information content (AvgIpc) is 3.60. The summed E-state index contributed by atoms with van der Waals surface area (Å²) in [5.41, 5.74) is 6.50. The molecule has 1 aromatic carbocycles. The number of imidazole rings is 1. The summed E-state index contributed by atoms with van der Waals surface area (Å²) in [5.74, 6) is -3.69. The molecule has 13 heteroatoms. The summed E-state index contributed by atoms with van der Waals surface area (Å²) in [6, 6.07) is 4.86. The summed E-state index contributed by atoms with van der Waals surface area (Å²) in [7, 11) is 0. The number of nitrogens with two attached hydrogens (primary N) is 1. The lowest BCUT2D eigenvalue weighted by molar-refractivity contribution is -0.142. The third kappa shape index (κ3) is 8.69. The van der Waals surface area contributed by atoms with Crippen LogP contribution < -0.4 is 27.0 Å². The fourth-order valence-electron chi connectivity index (χ4n) is 4.16. The van der Waals surface area contributed by atoms with E-state index >= 15 is 0 Å². The van der Waals surface area contributed by atoms with Crippen molar-refractivity contribution in [2.75, 3.05) is 6.54 Å². The second kappa shape index (κ2) is 13.9. The zero-order chi connectivity index (χ0) is 27.5. The van der Waals surface area contributed by atoms with Gasteiger partial charge in [0.2, 0.25) is 23.6 Å². The van der Waals surface area contributed by atoms with Crippen LogP contribution in [0.5, 0.6) is 0 Å². The van der Waals surface area contributed by atoms with Gasteiger partial charge in [0.25, 0.3) is 0 Å². The van der Waals surface area contributed by atoms with Gasteiger partial charge in [0.15, 0.2) is 0 Å². The van der Waals surface area contributed by atoms with E-state index in [4.69, 9.17) is 5.73 Å². The van der Waals surface area contributed by atoms with E-state index in [0.29, 0.717) is 18.7 Å². The van der Waals surface area contributed by atoms with Crippen molar-refractivity contribution in [3.8, 4) is 0 Å². The number of H-pyrrole nitrogens is 1. The van der Waals surface area contributed by atoms with Crippen molar-refractivity contribution in [3.05, 3.63) is 54.1 Å². The number of primary amides is 1. The summed E-state index contributed by atoms with van der Waals surface area (Å²) in [6.07, 6.45) is 4.09. The molecule has 2 heterocycles. The average molecular weight is 528 g/mol. The third-order valence-electron chi connectivity index (χ3n) is 6.20. The van der Waals surface area contributed by atoms with E-state index in [0.717, 1.165) is 12.0 Å². The predicted molar refractivity (Wildman–Crippen MR) is 135 cm³/mol. The second-order valence-electron chi connectivity index (χ2n) is 9.15. The van der Waals surface area contributed by atoms with E-state index in [1.54, 1.807) is 30.3 Å². The lowest BCUT2D eigenvalue weighted by atomic mass is 10.0. The van der Waals surface area contributed by atoms with Crippen molar-refractivity contribution in [2.24, 2.45) is 5.73 Å². The van der Waals surface area contributed by atoms with Crippen LogP contribution in [-0.2, 0) is 36.8 Å². The Morgan fingerprint density at radius 1 is 1.00 bits per heavy atom. The Morgan fingerprint density at radius 2 is 1.71 bits per heavy atom. The van der Waals surface area contributed by atoms with Crippen LogP contribution in [0.15, 0.2) is 42.9 Å². The molecule has 0 aliphatic carbocycles. The first-order valence-corrected chi connectivity index (χ1v) is 12.4. The minimum atomic E-state index is -1.28. The van der Waals surface area contributed by atoms with E-state index in [9.17, 15) is 29.1 Å². The predicted octanol–water partition coefficient (Wildman–Crippen LogP) is -1.25. The topological polar surface area (TPSA) is 208 Å². The van der Waals surface area contributed by atoms with Crippen LogP contribution in [0.2, 0.25) is 0 Å². The minimum absolute atomic E-state index is 0.0429. The van der Waals surface area contributed by atoms with Gasteiger partial charge in [-0.1, -0.05) is 30.3 Å². The van der Waals surface area contributed by atoms with Crippen molar-refractivity contribution in [3.63, 3.8) is 0 Å². The van der Waals surface area contributed by atoms with Gasteiger partial charge < -0.3 is 37.1 Å². The van der Waals surface area contributed by atoms with E-state index in [2.05, 4.69) is 31.2 Å². The normalized spacial score (nSPS) is 17.1.